The molecule has 0 amide bonds. The molecule has 88 valence electrons. The van der Waals surface area contributed by atoms with Crippen molar-refractivity contribution < 1.29 is 9.46 Å². The van der Waals surface area contributed by atoms with E-state index in [1.165, 1.54) is 0 Å². The van der Waals surface area contributed by atoms with Crippen molar-refractivity contribution in [3.8, 4) is 0 Å². The third-order valence-corrected chi connectivity index (χ3v) is 7.35. The van der Waals surface area contributed by atoms with Crippen molar-refractivity contribution in [3.05, 3.63) is 60.7 Å². The van der Waals surface area contributed by atoms with Crippen LogP contribution in [0.1, 0.15) is 0 Å². The fraction of sp³-hybridized carbons (Fsp3) is 0. The molecule has 0 bridgehead atoms. The van der Waals surface area contributed by atoms with Crippen LogP contribution in [0.15, 0.2) is 70.5 Å². The number of rotatable bonds is 4. The highest BCUT2D eigenvalue weighted by atomic mass is 33.1. The molecule has 0 radical (unpaired) electrons. The van der Waals surface area contributed by atoms with Gasteiger partial charge in [0.1, 0.15) is 0 Å². The van der Waals surface area contributed by atoms with Crippen molar-refractivity contribution in [1.29, 1.82) is 0 Å². The first-order chi connectivity index (χ1) is 8.16. The quantitative estimate of drug-likeness (QED) is 0.827. The first kappa shape index (κ1) is 12.8. The molecule has 17 heavy (non-hydrogen) atoms. The van der Waals surface area contributed by atoms with Crippen LogP contribution in [0.2, 0.25) is 0 Å². The van der Waals surface area contributed by atoms with Crippen LogP contribution in [0.5, 0.6) is 0 Å². The first-order valence-corrected chi connectivity index (χ1v) is 9.48. The Hall–Kier alpha value is -0.670. The smallest absolute Gasteiger partial charge is 0.319 e. The van der Waals surface area contributed by atoms with Crippen LogP contribution in [0.25, 0.3) is 0 Å². The normalized spacial score (nSPS) is 11.4. The highest BCUT2D eigenvalue weighted by Crippen LogP contribution is 2.70. The molecule has 0 aliphatic rings. The Kier molecular flexibility index (Phi) is 4.35. The molecule has 0 spiro atoms. The van der Waals surface area contributed by atoms with E-state index in [0.29, 0.717) is 0 Å². The predicted molar refractivity (Wildman–Crippen MR) is 74.4 cm³/mol. The number of benzene rings is 2. The van der Waals surface area contributed by atoms with Gasteiger partial charge in [0.05, 0.1) is 0 Å². The van der Waals surface area contributed by atoms with Gasteiger partial charge >= 0.3 is 5.77 Å². The van der Waals surface area contributed by atoms with Gasteiger partial charge in [-0.3, -0.25) is 4.57 Å². The van der Waals surface area contributed by atoms with Crippen LogP contribution in [0.4, 0.5) is 0 Å². The van der Waals surface area contributed by atoms with E-state index in [1.54, 1.807) is 0 Å². The SMILES string of the molecule is O=P(O)(Sc1ccccc1)Sc1ccccc1. The van der Waals surface area contributed by atoms with Crippen molar-refractivity contribution in [2.75, 3.05) is 0 Å². The maximum Gasteiger partial charge on any atom is 0.319 e. The van der Waals surface area contributed by atoms with Gasteiger partial charge in [-0.05, 0) is 47.0 Å². The summed E-state index contributed by atoms with van der Waals surface area (Å²) in [5.41, 5.74) is 0. The van der Waals surface area contributed by atoms with Crippen molar-refractivity contribution in [2.45, 2.75) is 9.79 Å². The maximum absolute atomic E-state index is 12.0. The van der Waals surface area contributed by atoms with E-state index in [-0.39, 0.29) is 0 Å². The van der Waals surface area contributed by atoms with Gasteiger partial charge in [-0.15, -0.1) is 0 Å². The molecule has 0 unspecified atom stereocenters. The summed E-state index contributed by atoms with van der Waals surface area (Å²) in [5, 5.41) is 0. The molecule has 0 aromatic heterocycles. The summed E-state index contributed by atoms with van der Waals surface area (Å²) in [4.78, 5) is 11.5. The minimum atomic E-state index is -3.30. The van der Waals surface area contributed by atoms with Crippen LogP contribution in [-0.2, 0) is 4.57 Å². The van der Waals surface area contributed by atoms with Gasteiger partial charge in [-0.2, -0.15) is 0 Å². The summed E-state index contributed by atoms with van der Waals surface area (Å²) in [6, 6.07) is 18.5. The molecule has 2 rings (SSSR count). The molecule has 0 heterocycles. The summed E-state index contributed by atoms with van der Waals surface area (Å²) in [6.07, 6.45) is 0. The Balaban J connectivity index is 2.07. The standard InChI is InChI=1S/C12H11O2PS2/c13-15(14,16-11-7-3-1-4-8-11)17-12-9-5-2-6-10-12/h1-10H,(H,13,14). The lowest BCUT2D eigenvalue weighted by Gasteiger charge is -2.09. The van der Waals surface area contributed by atoms with Gasteiger partial charge < -0.3 is 4.89 Å². The van der Waals surface area contributed by atoms with E-state index >= 15 is 0 Å². The third-order valence-electron chi connectivity index (χ3n) is 1.93. The fourth-order valence-corrected chi connectivity index (χ4v) is 6.70. The second-order valence-electron chi connectivity index (χ2n) is 3.28. The second kappa shape index (κ2) is 5.78. The summed E-state index contributed by atoms with van der Waals surface area (Å²) < 4.78 is 12.0. The molecular weight excluding hydrogens is 271 g/mol. The molecule has 5 heteroatoms. The molecule has 2 aromatic rings. The number of hydrogen-bond acceptors (Lipinski definition) is 3. The average molecular weight is 282 g/mol. The molecule has 2 nitrogen and oxygen atoms in total. The molecule has 1 N–H and O–H groups in total. The molecule has 0 aliphatic heterocycles. The summed E-state index contributed by atoms with van der Waals surface area (Å²) in [5.74, 6) is -3.30. The average Bonchev–Trinajstić information content (AvgIpc) is 2.30. The van der Waals surface area contributed by atoms with Gasteiger partial charge in [0.15, 0.2) is 0 Å². The molecule has 0 saturated carbocycles. The number of hydrogen-bond donors (Lipinski definition) is 1. The molecule has 0 aliphatic carbocycles. The zero-order valence-corrected chi connectivity index (χ0v) is 11.4. The van der Waals surface area contributed by atoms with E-state index in [9.17, 15) is 9.46 Å². The van der Waals surface area contributed by atoms with Crippen LogP contribution >= 0.6 is 28.5 Å². The lowest BCUT2D eigenvalue weighted by atomic mass is 10.4. The van der Waals surface area contributed by atoms with Crippen molar-refractivity contribution in [2.24, 2.45) is 0 Å². The predicted octanol–water partition coefficient (Wildman–Crippen LogP) is 4.67. The topological polar surface area (TPSA) is 37.3 Å². The largest absolute Gasteiger partial charge is 0.329 e. The Morgan fingerprint density at radius 3 is 1.47 bits per heavy atom. The van der Waals surface area contributed by atoms with Gasteiger partial charge in [0, 0.05) is 9.79 Å². The highest BCUT2D eigenvalue weighted by Gasteiger charge is 2.21. The van der Waals surface area contributed by atoms with Gasteiger partial charge in [-0.1, -0.05) is 36.4 Å². The first-order valence-electron chi connectivity index (χ1n) is 4.98. The maximum atomic E-state index is 12.0. The lowest BCUT2D eigenvalue weighted by molar-refractivity contribution is 0.514. The van der Waals surface area contributed by atoms with E-state index in [0.717, 1.165) is 32.6 Å². The van der Waals surface area contributed by atoms with E-state index in [4.69, 9.17) is 0 Å². The van der Waals surface area contributed by atoms with Crippen LogP contribution < -0.4 is 0 Å². The zero-order valence-electron chi connectivity index (χ0n) is 8.89. The molecule has 2 aromatic carbocycles. The second-order valence-corrected chi connectivity index (χ2v) is 10.3. The van der Waals surface area contributed by atoms with E-state index in [1.807, 2.05) is 60.7 Å². The van der Waals surface area contributed by atoms with Crippen molar-refractivity contribution in [3.63, 3.8) is 0 Å². The van der Waals surface area contributed by atoms with Crippen molar-refractivity contribution in [1.82, 2.24) is 0 Å². The van der Waals surface area contributed by atoms with Crippen LogP contribution in [0, 0.1) is 0 Å². The zero-order chi connectivity index (χ0) is 12.1. The Bertz CT molecular complexity index is 471. The van der Waals surface area contributed by atoms with Crippen LogP contribution in [-0.4, -0.2) is 4.89 Å². The highest BCUT2D eigenvalue weighted by molar-refractivity contribution is 8.89. The minimum Gasteiger partial charge on any atom is -0.329 e. The van der Waals surface area contributed by atoms with Gasteiger partial charge in [-0.25, -0.2) is 0 Å². The Morgan fingerprint density at radius 1 is 0.765 bits per heavy atom. The van der Waals surface area contributed by atoms with Crippen LogP contribution in [0.3, 0.4) is 0 Å². The molecule has 0 saturated heterocycles. The lowest BCUT2D eigenvalue weighted by Crippen LogP contribution is -1.72. The van der Waals surface area contributed by atoms with E-state index in [2.05, 4.69) is 0 Å². The van der Waals surface area contributed by atoms with E-state index < -0.39 is 5.77 Å². The third kappa shape index (κ3) is 4.25. The Labute approximate surface area is 108 Å². The van der Waals surface area contributed by atoms with Gasteiger partial charge in [0.25, 0.3) is 0 Å². The summed E-state index contributed by atoms with van der Waals surface area (Å²) >= 11 is 2.03. The molecular formula is C12H11O2PS2. The van der Waals surface area contributed by atoms with Gasteiger partial charge in [0.2, 0.25) is 0 Å². The minimum absolute atomic E-state index is 0.807. The summed E-state index contributed by atoms with van der Waals surface area (Å²) in [7, 11) is 0. The molecule has 0 atom stereocenters. The monoisotopic (exact) mass is 282 g/mol. The summed E-state index contributed by atoms with van der Waals surface area (Å²) in [6.45, 7) is 0. The molecule has 0 fully saturated rings. The fourth-order valence-electron chi connectivity index (χ4n) is 1.25. The van der Waals surface area contributed by atoms with Crippen molar-refractivity contribution >= 4 is 28.5 Å². The Morgan fingerprint density at radius 2 is 1.12 bits per heavy atom.